The molecule has 0 saturated heterocycles. The molecule has 1 aliphatic rings. The lowest BCUT2D eigenvalue weighted by molar-refractivity contribution is 0.0186. The Hall–Kier alpha value is -2.60. The van der Waals surface area contributed by atoms with Crippen LogP contribution in [0.4, 0.5) is 4.79 Å². The zero-order chi connectivity index (χ0) is 23.9. The van der Waals surface area contributed by atoms with E-state index in [-0.39, 0.29) is 6.04 Å². The number of carbonyl (C=O) groups is 1. The van der Waals surface area contributed by atoms with Crippen LogP contribution in [0.1, 0.15) is 78.8 Å². The number of alkyl carbamates (subject to hydrolysis) is 1. The van der Waals surface area contributed by atoms with Crippen LogP contribution in [0, 0.1) is 0 Å². The number of hydrogen-bond donors (Lipinski definition) is 2. The molecule has 1 aromatic rings. The van der Waals surface area contributed by atoms with E-state index in [0.29, 0.717) is 12.8 Å². The molecule has 0 bridgehead atoms. The van der Waals surface area contributed by atoms with Crippen LogP contribution in [-0.4, -0.2) is 34.7 Å². The van der Waals surface area contributed by atoms with Crippen molar-refractivity contribution in [1.82, 2.24) is 5.32 Å². The van der Waals surface area contributed by atoms with E-state index in [0.717, 1.165) is 35.4 Å². The first kappa shape index (κ1) is 25.7. The largest absolute Gasteiger partial charge is 0.484 e. The van der Waals surface area contributed by atoms with Crippen molar-refractivity contribution in [2.24, 2.45) is 4.99 Å². The van der Waals surface area contributed by atoms with Gasteiger partial charge in [-0.05, 0) is 65.5 Å². The van der Waals surface area contributed by atoms with Gasteiger partial charge in [0, 0.05) is 11.8 Å². The van der Waals surface area contributed by atoms with Gasteiger partial charge in [-0.1, -0.05) is 44.2 Å². The molecule has 6 heteroatoms. The fraction of sp³-hybridized carbons (Fsp3) is 0.538. The number of rotatable bonds is 9. The number of nitrogens with one attached hydrogen (secondary N) is 1. The molecule has 0 fully saturated rings. The van der Waals surface area contributed by atoms with Gasteiger partial charge in [0.05, 0.1) is 11.8 Å². The average molecular weight is 443 g/mol. The van der Waals surface area contributed by atoms with Gasteiger partial charge in [0.15, 0.2) is 0 Å². The molecule has 0 radical (unpaired) electrons. The number of aliphatic hydroxyl groups excluding tert-OH is 1. The van der Waals surface area contributed by atoms with E-state index in [1.165, 1.54) is 6.21 Å². The highest BCUT2D eigenvalue weighted by molar-refractivity contribution is 5.69. The van der Waals surface area contributed by atoms with Crippen LogP contribution in [0.15, 0.2) is 53.2 Å². The van der Waals surface area contributed by atoms with Gasteiger partial charge in [0.25, 0.3) is 0 Å². The Morgan fingerprint density at radius 2 is 2.06 bits per heavy atom. The smallest absolute Gasteiger partial charge is 0.408 e. The molecule has 2 N–H and O–H groups in total. The molecule has 1 aromatic carbocycles. The van der Waals surface area contributed by atoms with Crippen molar-refractivity contribution in [2.45, 2.75) is 90.6 Å². The number of aliphatic imine (C=N–C) groups is 1. The third kappa shape index (κ3) is 6.70. The molecule has 1 heterocycles. The first-order valence-electron chi connectivity index (χ1n) is 11.4. The number of amides is 1. The summed E-state index contributed by atoms with van der Waals surface area (Å²) in [6.45, 7) is 15.4. The molecule has 0 aliphatic carbocycles. The molecule has 0 saturated carbocycles. The van der Waals surface area contributed by atoms with Gasteiger partial charge in [-0.25, -0.2) is 4.79 Å². The monoisotopic (exact) mass is 442 g/mol. The number of allylic oxidation sites excluding steroid dienone is 2. The van der Waals surface area contributed by atoms with E-state index >= 15 is 0 Å². The van der Waals surface area contributed by atoms with Gasteiger partial charge < -0.3 is 19.9 Å². The number of fused-ring (bicyclic) bond motifs is 1. The SMILES string of the molecule is C=C(CCC1(CCC)Oc2ccccc2[C@H]1NC(=O)OC(C)(C)C)/C(=C/C)N=CC(C)O. The normalized spacial score (nSPS) is 21.7. The highest BCUT2D eigenvalue weighted by Crippen LogP contribution is 2.48. The Bertz CT molecular complexity index is 867. The fourth-order valence-electron chi connectivity index (χ4n) is 4.00. The van der Waals surface area contributed by atoms with Crippen molar-refractivity contribution in [1.29, 1.82) is 0 Å². The molecule has 32 heavy (non-hydrogen) atoms. The number of benzene rings is 1. The molecule has 176 valence electrons. The maximum absolute atomic E-state index is 12.7. The van der Waals surface area contributed by atoms with Crippen LogP contribution in [-0.2, 0) is 4.74 Å². The number of hydrogen-bond acceptors (Lipinski definition) is 5. The van der Waals surface area contributed by atoms with Crippen LogP contribution in [0.25, 0.3) is 0 Å². The van der Waals surface area contributed by atoms with Gasteiger partial charge in [0.2, 0.25) is 0 Å². The summed E-state index contributed by atoms with van der Waals surface area (Å²) in [7, 11) is 0. The van der Waals surface area contributed by atoms with Crippen LogP contribution in [0.5, 0.6) is 5.75 Å². The molecule has 1 amide bonds. The Kier molecular flexibility index (Phi) is 8.67. The van der Waals surface area contributed by atoms with Crippen molar-refractivity contribution in [2.75, 3.05) is 0 Å². The number of para-hydroxylation sites is 1. The lowest BCUT2D eigenvalue weighted by atomic mass is 9.82. The van der Waals surface area contributed by atoms with Crippen molar-refractivity contribution in [3.05, 3.63) is 53.8 Å². The highest BCUT2D eigenvalue weighted by Gasteiger charge is 2.48. The van der Waals surface area contributed by atoms with Crippen LogP contribution < -0.4 is 10.1 Å². The van der Waals surface area contributed by atoms with Crippen molar-refractivity contribution in [3.63, 3.8) is 0 Å². The van der Waals surface area contributed by atoms with E-state index < -0.39 is 23.4 Å². The second-order valence-electron chi connectivity index (χ2n) is 9.33. The Labute approximate surface area is 192 Å². The molecule has 1 aliphatic heterocycles. The topological polar surface area (TPSA) is 80.2 Å². The predicted molar refractivity (Wildman–Crippen MR) is 129 cm³/mol. The molecular weight excluding hydrogens is 404 g/mol. The predicted octanol–water partition coefficient (Wildman–Crippen LogP) is 5.88. The standard InChI is InChI=1S/C26H38N2O4/c1-8-15-26(16-14-18(3)21(9-2)27-17-19(4)29)23(28-24(30)32-25(5,6)7)20-12-10-11-13-22(20)31-26/h9-13,17,19,23,29H,3,8,14-16H2,1-2,4-7H3,(H,28,30)/b21-9-,27-17?/t19?,23-,26?/m1/s1. The van der Waals surface area contributed by atoms with Crippen LogP contribution in [0.3, 0.4) is 0 Å². The van der Waals surface area contributed by atoms with Gasteiger partial charge >= 0.3 is 6.09 Å². The minimum absolute atomic E-state index is 0.337. The Balaban J connectivity index is 2.29. The Morgan fingerprint density at radius 1 is 1.38 bits per heavy atom. The lowest BCUT2D eigenvalue weighted by Gasteiger charge is -2.36. The third-order valence-electron chi connectivity index (χ3n) is 5.32. The summed E-state index contributed by atoms with van der Waals surface area (Å²) in [5, 5.41) is 12.6. The van der Waals surface area contributed by atoms with Gasteiger partial charge in [0.1, 0.15) is 23.0 Å². The van der Waals surface area contributed by atoms with Gasteiger partial charge in [-0.15, -0.1) is 0 Å². The number of carbonyl (C=O) groups excluding carboxylic acids is 1. The summed E-state index contributed by atoms with van der Waals surface area (Å²) in [5.74, 6) is 0.783. The molecule has 0 spiro atoms. The summed E-state index contributed by atoms with van der Waals surface area (Å²) >= 11 is 0. The van der Waals surface area contributed by atoms with Gasteiger partial charge in [-0.2, -0.15) is 0 Å². The maximum atomic E-state index is 12.7. The number of ether oxygens (including phenoxy) is 2. The summed E-state index contributed by atoms with van der Waals surface area (Å²) in [6.07, 6.45) is 5.23. The zero-order valence-corrected chi connectivity index (χ0v) is 20.3. The van der Waals surface area contributed by atoms with Crippen LogP contribution >= 0.6 is 0 Å². The summed E-state index contributed by atoms with van der Waals surface area (Å²) in [6, 6.07) is 7.49. The van der Waals surface area contributed by atoms with E-state index in [9.17, 15) is 9.90 Å². The average Bonchev–Trinajstić information content (AvgIpc) is 2.99. The van der Waals surface area contributed by atoms with Crippen molar-refractivity contribution in [3.8, 4) is 5.75 Å². The highest BCUT2D eigenvalue weighted by atomic mass is 16.6. The van der Waals surface area contributed by atoms with E-state index in [1.54, 1.807) is 6.92 Å². The quantitative estimate of drug-likeness (QED) is 0.370. The second-order valence-corrected chi connectivity index (χ2v) is 9.33. The maximum Gasteiger partial charge on any atom is 0.408 e. The van der Waals surface area contributed by atoms with E-state index in [2.05, 4.69) is 23.8 Å². The minimum Gasteiger partial charge on any atom is -0.484 e. The summed E-state index contributed by atoms with van der Waals surface area (Å²) in [5.41, 5.74) is 1.34. The summed E-state index contributed by atoms with van der Waals surface area (Å²) < 4.78 is 12.1. The van der Waals surface area contributed by atoms with E-state index in [1.807, 2.05) is 58.0 Å². The molecule has 2 unspecified atom stereocenters. The lowest BCUT2D eigenvalue weighted by Crippen LogP contribution is -2.47. The third-order valence-corrected chi connectivity index (χ3v) is 5.32. The molecule has 0 aromatic heterocycles. The first-order chi connectivity index (χ1) is 15.0. The zero-order valence-electron chi connectivity index (χ0n) is 20.3. The Morgan fingerprint density at radius 3 is 2.66 bits per heavy atom. The number of nitrogens with zero attached hydrogens (tertiary/aromatic N) is 1. The molecule has 3 atom stereocenters. The minimum atomic E-state index is -0.626. The second kappa shape index (κ2) is 10.8. The van der Waals surface area contributed by atoms with Crippen LogP contribution in [0.2, 0.25) is 0 Å². The molecule has 2 rings (SSSR count). The van der Waals surface area contributed by atoms with Gasteiger partial charge in [-0.3, -0.25) is 4.99 Å². The van der Waals surface area contributed by atoms with Crippen molar-refractivity contribution >= 4 is 12.3 Å². The van der Waals surface area contributed by atoms with E-state index in [4.69, 9.17) is 9.47 Å². The summed E-state index contributed by atoms with van der Waals surface area (Å²) in [4.78, 5) is 17.1. The molecular formula is C26H38N2O4. The van der Waals surface area contributed by atoms with Crippen molar-refractivity contribution < 1.29 is 19.4 Å². The fourth-order valence-corrected chi connectivity index (χ4v) is 4.00. The molecule has 6 nitrogen and oxygen atoms in total. The first-order valence-corrected chi connectivity index (χ1v) is 11.4. The number of aliphatic hydroxyl groups is 1.